The van der Waals surface area contributed by atoms with Gasteiger partial charge in [0.1, 0.15) is 0 Å². The molecule has 1 aromatic carbocycles. The van der Waals surface area contributed by atoms with Gasteiger partial charge in [0.25, 0.3) is 0 Å². The van der Waals surface area contributed by atoms with E-state index in [0.29, 0.717) is 43.7 Å². The molecule has 2 saturated heterocycles. The molecule has 0 atom stereocenters. The van der Waals surface area contributed by atoms with Crippen LogP contribution in [0, 0.1) is 5.92 Å². The quantitative estimate of drug-likeness (QED) is 0.739. The van der Waals surface area contributed by atoms with Gasteiger partial charge in [0.05, 0.1) is 18.1 Å². The summed E-state index contributed by atoms with van der Waals surface area (Å²) in [6, 6.07) is 7.24. The van der Waals surface area contributed by atoms with Crippen molar-refractivity contribution < 1.29 is 17.9 Å². The second kappa shape index (κ2) is 7.87. The van der Waals surface area contributed by atoms with Crippen molar-refractivity contribution in [3.05, 3.63) is 29.8 Å². The highest BCUT2D eigenvalue weighted by atomic mass is 32.2. The number of hydrogen-bond donors (Lipinski definition) is 0. The molecule has 2 aliphatic heterocycles. The predicted octanol–water partition coefficient (Wildman–Crippen LogP) is 0.762. The lowest BCUT2D eigenvalue weighted by Gasteiger charge is -2.35. The largest absolute Gasteiger partial charge is 0.379 e. The van der Waals surface area contributed by atoms with Gasteiger partial charge in [-0.05, 0) is 30.5 Å². The van der Waals surface area contributed by atoms with Crippen molar-refractivity contribution in [2.45, 2.75) is 24.3 Å². The molecular formula is C19H27N3O4S. The van der Waals surface area contributed by atoms with Gasteiger partial charge >= 0.3 is 0 Å². The number of carbonyl (C=O) groups excluding carboxylic acids is 1. The Bertz CT molecular complexity index is 780. The average Bonchev–Trinajstić information content (AvgIpc) is 3.54. The second-order valence-electron chi connectivity index (χ2n) is 7.54. The molecule has 1 aromatic rings. The van der Waals surface area contributed by atoms with E-state index in [-0.39, 0.29) is 5.92 Å². The Morgan fingerprint density at radius 1 is 1.04 bits per heavy atom. The van der Waals surface area contributed by atoms with Gasteiger partial charge in [-0.1, -0.05) is 12.1 Å². The van der Waals surface area contributed by atoms with Gasteiger partial charge in [0.15, 0.2) is 0 Å². The second-order valence-corrected chi connectivity index (χ2v) is 9.48. The van der Waals surface area contributed by atoms with E-state index in [9.17, 15) is 13.2 Å². The van der Waals surface area contributed by atoms with Crippen LogP contribution < -0.4 is 0 Å². The smallest absolute Gasteiger partial charge is 0.243 e. The summed E-state index contributed by atoms with van der Waals surface area (Å²) in [6.45, 7) is 5.61. The topological polar surface area (TPSA) is 70.2 Å². The third kappa shape index (κ3) is 4.34. The Balaban J connectivity index is 1.37. The molecule has 4 rings (SSSR count). The first-order valence-electron chi connectivity index (χ1n) is 9.72. The molecule has 148 valence electrons. The number of nitrogens with zero attached hydrogens (tertiary/aromatic N) is 3. The van der Waals surface area contributed by atoms with E-state index in [1.54, 1.807) is 12.1 Å². The van der Waals surface area contributed by atoms with E-state index in [1.807, 2.05) is 17.0 Å². The molecule has 3 aliphatic rings. The number of amides is 1. The lowest BCUT2D eigenvalue weighted by atomic mass is 10.2. The Morgan fingerprint density at radius 2 is 1.74 bits per heavy atom. The van der Waals surface area contributed by atoms with Crippen molar-refractivity contribution in [2.24, 2.45) is 5.92 Å². The van der Waals surface area contributed by atoms with Crippen molar-refractivity contribution in [1.29, 1.82) is 0 Å². The molecule has 3 fully saturated rings. The number of rotatable bonds is 5. The van der Waals surface area contributed by atoms with Crippen molar-refractivity contribution in [3.63, 3.8) is 0 Å². The van der Waals surface area contributed by atoms with Crippen LogP contribution in [0.1, 0.15) is 18.4 Å². The molecular weight excluding hydrogens is 366 g/mol. The molecule has 2 heterocycles. The van der Waals surface area contributed by atoms with Crippen LogP contribution >= 0.6 is 0 Å². The predicted molar refractivity (Wildman–Crippen MR) is 101 cm³/mol. The van der Waals surface area contributed by atoms with Crippen LogP contribution in [0.5, 0.6) is 0 Å². The summed E-state index contributed by atoms with van der Waals surface area (Å²) in [6.07, 6.45) is 2.09. The minimum absolute atomic E-state index is 0.277. The summed E-state index contributed by atoms with van der Waals surface area (Å²) in [5, 5.41) is 0. The van der Waals surface area contributed by atoms with Crippen LogP contribution in [0.2, 0.25) is 0 Å². The molecule has 0 unspecified atom stereocenters. The summed E-state index contributed by atoms with van der Waals surface area (Å²) in [5.74, 6) is 0.590. The van der Waals surface area contributed by atoms with Gasteiger partial charge in [0, 0.05) is 51.7 Å². The zero-order valence-corrected chi connectivity index (χ0v) is 16.4. The first-order valence-corrected chi connectivity index (χ1v) is 11.2. The van der Waals surface area contributed by atoms with E-state index in [1.165, 1.54) is 4.31 Å². The molecule has 27 heavy (non-hydrogen) atoms. The standard InChI is InChI=1S/C19H27N3O4S/c23-19(17-4-5-17)21-8-6-20(7-9-21)15-16-2-1-3-18(14-16)27(24,25)22-10-12-26-13-11-22/h1-3,14,17H,4-13,15H2. The van der Waals surface area contributed by atoms with Crippen molar-refractivity contribution in [2.75, 3.05) is 52.5 Å². The summed E-state index contributed by atoms with van der Waals surface area (Å²) < 4.78 is 32.4. The SMILES string of the molecule is O=C(C1CC1)N1CCN(Cc2cccc(S(=O)(=O)N3CCOCC3)c2)CC1. The molecule has 1 amide bonds. The van der Waals surface area contributed by atoms with Crippen LogP contribution in [0.15, 0.2) is 29.2 Å². The number of sulfonamides is 1. The van der Waals surface area contributed by atoms with E-state index in [4.69, 9.17) is 4.74 Å². The maximum absolute atomic E-state index is 12.8. The molecule has 0 bridgehead atoms. The van der Waals surface area contributed by atoms with Gasteiger partial charge in [-0.25, -0.2) is 8.42 Å². The monoisotopic (exact) mass is 393 g/mol. The fourth-order valence-corrected chi connectivity index (χ4v) is 5.19. The van der Waals surface area contributed by atoms with Gasteiger partial charge < -0.3 is 9.64 Å². The Hall–Kier alpha value is -1.48. The van der Waals surface area contributed by atoms with E-state index >= 15 is 0 Å². The number of piperazine rings is 1. The Kier molecular flexibility index (Phi) is 5.50. The van der Waals surface area contributed by atoms with Crippen LogP contribution in [0.4, 0.5) is 0 Å². The number of hydrogen-bond acceptors (Lipinski definition) is 5. The maximum Gasteiger partial charge on any atom is 0.243 e. The molecule has 1 saturated carbocycles. The molecule has 7 nitrogen and oxygen atoms in total. The summed E-state index contributed by atoms with van der Waals surface area (Å²) in [4.78, 5) is 16.8. The van der Waals surface area contributed by atoms with Crippen LogP contribution in [-0.4, -0.2) is 80.9 Å². The number of benzene rings is 1. The third-order valence-electron chi connectivity index (χ3n) is 5.52. The van der Waals surface area contributed by atoms with Crippen LogP contribution in [0.25, 0.3) is 0 Å². The fraction of sp³-hybridized carbons (Fsp3) is 0.632. The lowest BCUT2D eigenvalue weighted by molar-refractivity contribution is -0.134. The maximum atomic E-state index is 12.8. The minimum atomic E-state index is -3.47. The highest BCUT2D eigenvalue weighted by Crippen LogP contribution is 2.31. The number of ether oxygens (including phenoxy) is 1. The Morgan fingerprint density at radius 3 is 2.41 bits per heavy atom. The number of carbonyl (C=O) groups is 1. The summed E-state index contributed by atoms with van der Waals surface area (Å²) >= 11 is 0. The fourth-order valence-electron chi connectivity index (χ4n) is 3.71. The van der Waals surface area contributed by atoms with E-state index in [0.717, 1.165) is 44.6 Å². The zero-order chi connectivity index (χ0) is 18.9. The normalized spacial score (nSPS) is 22.7. The molecule has 0 radical (unpaired) electrons. The molecule has 0 spiro atoms. The van der Waals surface area contributed by atoms with Gasteiger partial charge in [-0.3, -0.25) is 9.69 Å². The molecule has 0 N–H and O–H groups in total. The van der Waals surface area contributed by atoms with Crippen molar-refractivity contribution >= 4 is 15.9 Å². The Labute approximate surface area is 160 Å². The van der Waals surface area contributed by atoms with Gasteiger partial charge in [0.2, 0.25) is 15.9 Å². The average molecular weight is 394 g/mol. The first kappa shape index (κ1) is 18.9. The van der Waals surface area contributed by atoms with Crippen molar-refractivity contribution in [1.82, 2.24) is 14.1 Å². The van der Waals surface area contributed by atoms with Crippen LogP contribution in [0.3, 0.4) is 0 Å². The minimum Gasteiger partial charge on any atom is -0.379 e. The summed E-state index contributed by atoms with van der Waals surface area (Å²) in [7, 11) is -3.47. The van der Waals surface area contributed by atoms with E-state index < -0.39 is 10.0 Å². The number of morpholine rings is 1. The molecule has 0 aromatic heterocycles. The first-order chi connectivity index (χ1) is 13.0. The van der Waals surface area contributed by atoms with Crippen LogP contribution in [-0.2, 0) is 26.1 Å². The lowest BCUT2D eigenvalue weighted by Crippen LogP contribution is -2.48. The summed E-state index contributed by atoms with van der Waals surface area (Å²) in [5.41, 5.74) is 0.992. The highest BCUT2D eigenvalue weighted by molar-refractivity contribution is 7.89. The van der Waals surface area contributed by atoms with Crippen molar-refractivity contribution in [3.8, 4) is 0 Å². The van der Waals surface area contributed by atoms with Gasteiger partial charge in [-0.15, -0.1) is 0 Å². The molecule has 8 heteroatoms. The zero-order valence-electron chi connectivity index (χ0n) is 15.5. The third-order valence-corrected chi connectivity index (χ3v) is 7.42. The van der Waals surface area contributed by atoms with E-state index in [2.05, 4.69) is 4.90 Å². The molecule has 1 aliphatic carbocycles. The van der Waals surface area contributed by atoms with Gasteiger partial charge in [-0.2, -0.15) is 4.31 Å². The highest BCUT2D eigenvalue weighted by Gasteiger charge is 2.34.